The van der Waals surface area contributed by atoms with Crippen LogP contribution in [0.1, 0.15) is 55.9 Å². The highest BCUT2D eigenvalue weighted by atomic mass is 19.4. The lowest BCUT2D eigenvalue weighted by Crippen LogP contribution is -2.27. The molecule has 0 aliphatic carbocycles. The molecular weight excluding hydrogens is 543 g/mol. The first-order valence-electron chi connectivity index (χ1n) is 13.0. The second-order valence-corrected chi connectivity index (χ2v) is 9.91. The summed E-state index contributed by atoms with van der Waals surface area (Å²) >= 11 is 0. The van der Waals surface area contributed by atoms with E-state index in [1.165, 1.54) is 24.3 Å². The fraction of sp³-hybridized carbons (Fsp3) is 0.121. The average Bonchev–Trinajstić information content (AvgIpc) is 3.39. The SMILES string of the molecule is C[C@H](NC(=O)c1cc(-c2ccc(C#N)cc2)cc2ccn(Cc3ccc(C(F)(F)F)cc3)c12)c1ccc(C(=O)O)cc1. The molecule has 6 nitrogen and oxygen atoms in total. The van der Waals surface area contributed by atoms with Crippen LogP contribution in [-0.2, 0) is 12.7 Å². The maximum absolute atomic E-state index is 13.8. The van der Waals surface area contributed by atoms with Crippen LogP contribution in [0.3, 0.4) is 0 Å². The van der Waals surface area contributed by atoms with Crippen LogP contribution in [0.2, 0.25) is 0 Å². The number of benzene rings is 4. The molecule has 0 saturated heterocycles. The number of carboxylic acids is 1. The van der Waals surface area contributed by atoms with E-state index in [0.29, 0.717) is 27.8 Å². The fourth-order valence-electron chi connectivity index (χ4n) is 4.83. The molecule has 5 rings (SSSR count). The number of aromatic carboxylic acids is 1. The zero-order chi connectivity index (χ0) is 30.0. The van der Waals surface area contributed by atoms with Crippen LogP contribution in [0, 0.1) is 11.3 Å². The smallest absolute Gasteiger partial charge is 0.416 e. The number of alkyl halides is 3. The molecule has 1 atom stereocenters. The second kappa shape index (κ2) is 11.3. The van der Waals surface area contributed by atoms with Crippen molar-refractivity contribution in [3.63, 3.8) is 0 Å². The number of hydrogen-bond donors (Lipinski definition) is 2. The molecule has 0 aliphatic rings. The van der Waals surface area contributed by atoms with E-state index in [9.17, 15) is 27.9 Å². The maximum Gasteiger partial charge on any atom is 0.416 e. The summed E-state index contributed by atoms with van der Waals surface area (Å²) in [5, 5.41) is 22.1. The van der Waals surface area contributed by atoms with E-state index in [1.54, 1.807) is 55.6 Å². The monoisotopic (exact) mass is 567 g/mol. The molecule has 1 heterocycles. The van der Waals surface area contributed by atoms with Crippen molar-refractivity contribution in [2.75, 3.05) is 0 Å². The summed E-state index contributed by atoms with van der Waals surface area (Å²) in [6.07, 6.45) is -2.65. The van der Waals surface area contributed by atoms with Gasteiger partial charge in [-0.25, -0.2) is 4.79 Å². The number of nitrogens with zero attached hydrogens (tertiary/aromatic N) is 2. The number of halogens is 3. The first-order chi connectivity index (χ1) is 20.0. The molecule has 0 radical (unpaired) electrons. The molecule has 0 unspecified atom stereocenters. The van der Waals surface area contributed by atoms with Gasteiger partial charge in [0.05, 0.1) is 39.9 Å². The Balaban J connectivity index is 1.53. The van der Waals surface area contributed by atoms with E-state index in [2.05, 4.69) is 11.4 Å². The molecule has 1 aromatic heterocycles. The lowest BCUT2D eigenvalue weighted by Gasteiger charge is -2.17. The number of nitriles is 1. The van der Waals surface area contributed by atoms with Gasteiger partial charge in [-0.2, -0.15) is 18.4 Å². The summed E-state index contributed by atoms with van der Waals surface area (Å²) < 4.78 is 41.0. The minimum absolute atomic E-state index is 0.134. The highest BCUT2D eigenvalue weighted by Gasteiger charge is 2.30. The average molecular weight is 568 g/mol. The molecule has 42 heavy (non-hydrogen) atoms. The van der Waals surface area contributed by atoms with Crippen LogP contribution in [0.15, 0.2) is 97.2 Å². The van der Waals surface area contributed by atoms with Gasteiger partial charge in [0.1, 0.15) is 0 Å². The minimum atomic E-state index is -4.43. The molecule has 9 heteroatoms. The third kappa shape index (κ3) is 5.88. The fourth-order valence-corrected chi connectivity index (χ4v) is 4.83. The number of carboxylic acid groups (broad SMARTS) is 1. The Bertz CT molecular complexity index is 1820. The number of hydrogen-bond acceptors (Lipinski definition) is 3. The Labute approximate surface area is 239 Å². The molecule has 0 bridgehead atoms. The Morgan fingerprint density at radius 3 is 2.19 bits per heavy atom. The van der Waals surface area contributed by atoms with Gasteiger partial charge < -0.3 is 15.0 Å². The first kappa shape index (κ1) is 28.2. The summed E-state index contributed by atoms with van der Waals surface area (Å²) in [5.74, 6) is -1.42. The van der Waals surface area contributed by atoms with Crippen molar-refractivity contribution in [2.45, 2.75) is 25.7 Å². The van der Waals surface area contributed by atoms with Gasteiger partial charge >= 0.3 is 12.1 Å². The molecule has 5 aromatic rings. The predicted octanol–water partition coefficient (Wildman–Crippen LogP) is 7.44. The van der Waals surface area contributed by atoms with Crippen molar-refractivity contribution >= 4 is 22.8 Å². The zero-order valence-electron chi connectivity index (χ0n) is 22.3. The van der Waals surface area contributed by atoms with Crippen LogP contribution in [0.5, 0.6) is 0 Å². The molecule has 4 aromatic carbocycles. The number of fused-ring (bicyclic) bond motifs is 1. The number of carbonyl (C=O) groups is 2. The van der Waals surface area contributed by atoms with E-state index >= 15 is 0 Å². The Morgan fingerprint density at radius 2 is 1.60 bits per heavy atom. The molecule has 0 spiro atoms. The van der Waals surface area contributed by atoms with E-state index < -0.39 is 23.8 Å². The number of nitrogens with one attached hydrogen (secondary N) is 1. The van der Waals surface area contributed by atoms with Crippen molar-refractivity contribution in [1.82, 2.24) is 9.88 Å². The van der Waals surface area contributed by atoms with Crippen molar-refractivity contribution in [3.05, 3.63) is 131 Å². The maximum atomic E-state index is 13.8. The summed E-state index contributed by atoms with van der Waals surface area (Å²) in [6.45, 7) is 2.03. The second-order valence-electron chi connectivity index (χ2n) is 9.91. The van der Waals surface area contributed by atoms with Gasteiger partial charge in [-0.3, -0.25) is 4.79 Å². The topological polar surface area (TPSA) is 95.1 Å². The summed E-state index contributed by atoms with van der Waals surface area (Å²) in [5.41, 5.74) is 3.78. The van der Waals surface area contributed by atoms with Crippen LogP contribution >= 0.6 is 0 Å². The lowest BCUT2D eigenvalue weighted by molar-refractivity contribution is -0.137. The summed E-state index contributed by atoms with van der Waals surface area (Å²) in [7, 11) is 0. The van der Waals surface area contributed by atoms with E-state index in [1.807, 2.05) is 16.7 Å². The number of amides is 1. The van der Waals surface area contributed by atoms with Gasteiger partial charge in [-0.05, 0) is 83.8 Å². The zero-order valence-corrected chi connectivity index (χ0v) is 22.3. The first-order valence-corrected chi connectivity index (χ1v) is 13.0. The Hall–Kier alpha value is -5.36. The number of carbonyl (C=O) groups excluding carboxylic acids is 1. The van der Waals surface area contributed by atoms with Crippen molar-refractivity contribution in [2.24, 2.45) is 0 Å². The highest BCUT2D eigenvalue weighted by molar-refractivity contribution is 6.08. The Kier molecular flexibility index (Phi) is 7.55. The van der Waals surface area contributed by atoms with Gasteiger partial charge in [0.15, 0.2) is 0 Å². The van der Waals surface area contributed by atoms with Gasteiger partial charge in [-0.1, -0.05) is 36.4 Å². The van der Waals surface area contributed by atoms with Crippen LogP contribution in [0.25, 0.3) is 22.0 Å². The number of aromatic nitrogens is 1. The summed E-state index contributed by atoms with van der Waals surface area (Å²) in [4.78, 5) is 25.0. The third-order valence-electron chi connectivity index (χ3n) is 7.09. The normalized spacial score (nSPS) is 12.1. The molecule has 1 amide bonds. The van der Waals surface area contributed by atoms with Gasteiger partial charge in [-0.15, -0.1) is 0 Å². The van der Waals surface area contributed by atoms with Crippen LogP contribution < -0.4 is 5.32 Å². The van der Waals surface area contributed by atoms with Crippen LogP contribution in [0.4, 0.5) is 13.2 Å². The van der Waals surface area contributed by atoms with Gasteiger partial charge in [0.25, 0.3) is 5.91 Å². The largest absolute Gasteiger partial charge is 0.478 e. The standard InChI is InChI=1S/C33H24F3N3O3/c1-20(23-8-10-25(11-9-23)32(41)42)38-31(40)29-17-27(24-6-2-21(18-37)3-7-24)16-26-14-15-39(30(26)29)19-22-4-12-28(13-5-22)33(34,35)36/h2-17,20H,19H2,1H3,(H,38,40)(H,41,42)/t20-/m0/s1. The highest BCUT2D eigenvalue weighted by Crippen LogP contribution is 2.32. The van der Waals surface area contributed by atoms with Crippen molar-refractivity contribution < 1.29 is 27.9 Å². The van der Waals surface area contributed by atoms with Crippen molar-refractivity contribution in [1.29, 1.82) is 5.26 Å². The predicted molar refractivity (Wildman–Crippen MR) is 152 cm³/mol. The molecule has 0 aliphatic heterocycles. The molecule has 2 N–H and O–H groups in total. The van der Waals surface area contributed by atoms with Gasteiger partial charge in [0, 0.05) is 18.1 Å². The van der Waals surface area contributed by atoms with Crippen molar-refractivity contribution in [3.8, 4) is 17.2 Å². The van der Waals surface area contributed by atoms with E-state index in [0.717, 1.165) is 28.6 Å². The van der Waals surface area contributed by atoms with Gasteiger partial charge in [0.2, 0.25) is 0 Å². The lowest BCUT2D eigenvalue weighted by atomic mass is 9.98. The van der Waals surface area contributed by atoms with Crippen LogP contribution in [-0.4, -0.2) is 21.6 Å². The molecular formula is C33H24F3N3O3. The van der Waals surface area contributed by atoms with E-state index in [-0.39, 0.29) is 18.0 Å². The summed E-state index contributed by atoms with van der Waals surface area (Å²) in [6, 6.07) is 25.3. The molecule has 210 valence electrons. The Morgan fingerprint density at radius 1 is 0.929 bits per heavy atom. The third-order valence-corrected chi connectivity index (χ3v) is 7.09. The number of rotatable bonds is 7. The molecule has 0 saturated carbocycles. The molecule has 0 fully saturated rings. The van der Waals surface area contributed by atoms with E-state index in [4.69, 9.17) is 5.26 Å². The minimum Gasteiger partial charge on any atom is -0.478 e. The quantitative estimate of drug-likeness (QED) is 0.214.